The van der Waals surface area contributed by atoms with E-state index in [0.717, 1.165) is 45.4 Å². The van der Waals surface area contributed by atoms with E-state index in [1.807, 2.05) is 124 Å². The third-order valence-corrected chi connectivity index (χ3v) is 6.85. The molecular weight excluding hydrogens is 709 g/mol. The molecule has 211 valence electrons. The number of hydrogen-bond donors (Lipinski definition) is 0. The number of aromatic nitrogens is 4. The number of anilines is 4. The Hall–Kier alpha value is -5.10. The fourth-order valence-electron chi connectivity index (χ4n) is 4.91. The topological polar surface area (TPSA) is 41.1 Å². The molecule has 7 heteroatoms. The average molecular weight is 734 g/mol. The second-order valence-electron chi connectivity index (χ2n) is 9.49. The number of fused-ring (bicyclic) bond motifs is 2. The molecule has 0 saturated carbocycles. The summed E-state index contributed by atoms with van der Waals surface area (Å²) in [5.74, 6) is 1.63. The van der Waals surface area contributed by atoms with E-state index in [1.54, 1.807) is 12.4 Å². The van der Waals surface area contributed by atoms with Crippen LogP contribution < -0.4 is 14.4 Å². The standard InChI is InChI=1S/C19H13N2.C17H12N4.Ir/c1-3-9-16(10-4-1)20-15-21(17-11-5-2-6-12-17)19-14-8-7-13-18(19)20;1-3-7-14(8-4-1)20-13-21(15-9-5-2-6-10-15)17-16(20)18-11-12-19-17;/h1-11,13-14H;1-9,11-13H;/q-1;-2;. The minimum Gasteiger partial charge on any atom is -0.477 e. The molecule has 0 N–H and O–H groups in total. The number of imidazole rings is 1. The molecule has 6 nitrogen and oxygen atoms in total. The number of hydrogen-bond acceptors (Lipinski definition) is 4. The second-order valence-corrected chi connectivity index (χ2v) is 9.49. The predicted octanol–water partition coefficient (Wildman–Crippen LogP) is 7.19. The fourth-order valence-corrected chi connectivity index (χ4v) is 4.91. The Morgan fingerprint density at radius 3 is 1.84 bits per heavy atom. The van der Waals surface area contributed by atoms with Crippen LogP contribution in [0.5, 0.6) is 0 Å². The van der Waals surface area contributed by atoms with Crippen molar-refractivity contribution in [2.24, 2.45) is 0 Å². The van der Waals surface area contributed by atoms with Crippen molar-refractivity contribution in [3.05, 3.63) is 171 Å². The Kier molecular flexibility index (Phi) is 8.36. The summed E-state index contributed by atoms with van der Waals surface area (Å²) in [5.41, 5.74) is 6.33. The van der Waals surface area contributed by atoms with Gasteiger partial charge in [0, 0.05) is 38.2 Å². The maximum atomic E-state index is 4.47. The van der Waals surface area contributed by atoms with Crippen LogP contribution in [0.15, 0.2) is 146 Å². The van der Waals surface area contributed by atoms with Crippen LogP contribution in [0.1, 0.15) is 0 Å². The zero-order chi connectivity index (χ0) is 28.1. The molecule has 0 atom stereocenters. The van der Waals surface area contributed by atoms with Gasteiger partial charge in [0.25, 0.3) is 6.33 Å². The first-order valence-electron chi connectivity index (χ1n) is 13.6. The van der Waals surface area contributed by atoms with Crippen LogP contribution in [0.4, 0.5) is 23.0 Å². The van der Waals surface area contributed by atoms with Gasteiger partial charge in [0.1, 0.15) is 11.6 Å². The molecule has 0 aliphatic carbocycles. The fraction of sp³-hybridized carbons (Fsp3) is 0. The number of para-hydroxylation sites is 6. The molecule has 1 radical (unpaired) electrons. The van der Waals surface area contributed by atoms with Gasteiger partial charge >= 0.3 is 0 Å². The first-order valence-corrected chi connectivity index (χ1v) is 13.6. The van der Waals surface area contributed by atoms with Crippen LogP contribution in [-0.2, 0) is 20.1 Å². The van der Waals surface area contributed by atoms with Crippen LogP contribution in [0.2, 0.25) is 0 Å². The molecule has 5 aromatic carbocycles. The molecule has 0 fully saturated rings. The Morgan fingerprint density at radius 1 is 0.581 bits per heavy atom. The molecule has 0 saturated heterocycles. The van der Waals surface area contributed by atoms with Gasteiger partial charge in [-0.1, -0.05) is 60.7 Å². The first kappa shape index (κ1) is 28.0. The van der Waals surface area contributed by atoms with Crippen LogP contribution in [-0.4, -0.2) is 14.5 Å². The monoisotopic (exact) mass is 734 g/mol. The molecule has 3 heterocycles. The summed E-state index contributed by atoms with van der Waals surface area (Å²) in [4.78, 5) is 13.0. The Morgan fingerprint density at radius 2 is 1.16 bits per heavy atom. The van der Waals surface area contributed by atoms with Crippen LogP contribution >= 0.6 is 0 Å². The van der Waals surface area contributed by atoms with E-state index in [9.17, 15) is 0 Å². The van der Waals surface area contributed by atoms with E-state index in [0.29, 0.717) is 0 Å². The van der Waals surface area contributed by atoms with Crippen molar-refractivity contribution < 1.29 is 24.7 Å². The Labute approximate surface area is 264 Å². The molecule has 0 amide bonds. The van der Waals surface area contributed by atoms with Gasteiger partial charge in [-0.25, -0.2) is 9.97 Å². The maximum absolute atomic E-state index is 4.47. The van der Waals surface area contributed by atoms with E-state index >= 15 is 0 Å². The van der Waals surface area contributed by atoms with Crippen molar-refractivity contribution in [2.75, 3.05) is 9.80 Å². The largest absolute Gasteiger partial charge is 0.477 e. The molecule has 0 bridgehead atoms. The summed E-state index contributed by atoms with van der Waals surface area (Å²) in [5, 5.41) is 0. The number of nitrogens with zero attached hydrogens (tertiary/aromatic N) is 6. The molecule has 8 rings (SSSR count). The van der Waals surface area contributed by atoms with Gasteiger partial charge in [-0.3, -0.25) is 4.57 Å². The smallest absolute Gasteiger partial charge is 0.268 e. The quantitative estimate of drug-likeness (QED) is 0.142. The van der Waals surface area contributed by atoms with Gasteiger partial charge in [0.2, 0.25) is 0 Å². The van der Waals surface area contributed by atoms with E-state index in [-0.39, 0.29) is 20.1 Å². The van der Waals surface area contributed by atoms with Crippen molar-refractivity contribution in [1.29, 1.82) is 0 Å². The predicted molar refractivity (Wildman–Crippen MR) is 165 cm³/mol. The molecule has 0 unspecified atom stereocenters. The summed E-state index contributed by atoms with van der Waals surface area (Å²) < 4.78 is 4.12. The average Bonchev–Trinajstić information content (AvgIpc) is 3.67. The number of benzene rings is 5. The van der Waals surface area contributed by atoms with Crippen molar-refractivity contribution >= 4 is 34.0 Å². The molecule has 7 aromatic rings. The molecule has 1 aliphatic heterocycles. The zero-order valence-corrected chi connectivity index (χ0v) is 25.3. The van der Waals surface area contributed by atoms with Crippen LogP contribution in [0, 0.1) is 25.1 Å². The van der Waals surface area contributed by atoms with Gasteiger partial charge in [-0.05, 0) is 30.0 Å². The minimum absolute atomic E-state index is 0. The second kappa shape index (κ2) is 12.8. The van der Waals surface area contributed by atoms with Gasteiger partial charge in [0.05, 0.1) is 16.7 Å². The number of rotatable bonds is 4. The summed E-state index contributed by atoms with van der Waals surface area (Å²) in [6, 6.07) is 51.0. The van der Waals surface area contributed by atoms with Crippen molar-refractivity contribution in [3.63, 3.8) is 0 Å². The van der Waals surface area contributed by atoms with Gasteiger partial charge in [-0.15, -0.1) is 12.4 Å². The molecule has 0 spiro atoms. The van der Waals surface area contributed by atoms with E-state index in [4.69, 9.17) is 0 Å². The van der Waals surface area contributed by atoms with Gasteiger partial charge < -0.3 is 14.4 Å². The molecule has 43 heavy (non-hydrogen) atoms. The van der Waals surface area contributed by atoms with Crippen molar-refractivity contribution in [3.8, 4) is 11.4 Å². The van der Waals surface area contributed by atoms with E-state index in [2.05, 4.69) is 63.3 Å². The minimum atomic E-state index is 0. The van der Waals surface area contributed by atoms with Gasteiger partial charge in [-0.2, -0.15) is 60.7 Å². The van der Waals surface area contributed by atoms with Crippen molar-refractivity contribution in [1.82, 2.24) is 14.5 Å². The molecule has 2 aromatic heterocycles. The van der Waals surface area contributed by atoms with Gasteiger partial charge in [0.15, 0.2) is 0 Å². The summed E-state index contributed by atoms with van der Waals surface area (Å²) in [7, 11) is 0. The zero-order valence-electron chi connectivity index (χ0n) is 23.0. The third-order valence-electron chi connectivity index (χ3n) is 6.85. The summed E-state index contributed by atoms with van der Waals surface area (Å²) >= 11 is 0. The van der Waals surface area contributed by atoms with E-state index in [1.165, 1.54) is 0 Å². The van der Waals surface area contributed by atoms with E-state index < -0.39 is 0 Å². The normalized spacial score (nSPS) is 11.8. The van der Waals surface area contributed by atoms with Crippen LogP contribution in [0.3, 0.4) is 0 Å². The molecule has 1 aliphatic rings. The SMILES string of the molecule is [Ir].[c-]1ccccc1-n1[c-][n+](-c2ccccc2)c2ccccc21.[c-]1ccccc1N1[CH-]N(c2ccccc2)c2nccnc21. The Bertz CT molecular complexity index is 1770. The maximum Gasteiger partial charge on any atom is 0.268 e. The summed E-state index contributed by atoms with van der Waals surface area (Å²) in [6.07, 6.45) is 6.84. The van der Waals surface area contributed by atoms with Crippen molar-refractivity contribution in [2.45, 2.75) is 0 Å². The first-order chi connectivity index (χ1) is 20.9. The summed E-state index contributed by atoms with van der Waals surface area (Å²) in [6.45, 7) is 1.99. The third kappa shape index (κ3) is 5.69. The Balaban J connectivity index is 0.000000150. The van der Waals surface area contributed by atoms with Crippen LogP contribution in [0.25, 0.3) is 22.4 Å². The molecular formula is C36H25IrN6-3.